The van der Waals surface area contributed by atoms with Crippen molar-refractivity contribution >= 4 is 0 Å². The molecule has 5 nitrogen and oxygen atoms in total. The van der Waals surface area contributed by atoms with Crippen LogP contribution in [0.5, 0.6) is 0 Å². The number of rotatable bonds is 0. The first-order chi connectivity index (χ1) is 0. The fourth-order valence-corrected chi connectivity index (χ4v) is 0. The second-order valence-electron chi connectivity index (χ2n) is 0. The molecular weight excluding hydrogens is 271 g/mol. The van der Waals surface area contributed by atoms with Gasteiger partial charge in [-0.15, -0.1) is 0 Å². The Balaban J connectivity index is 0. The van der Waals surface area contributed by atoms with Crippen LogP contribution in [-0.4, -0.2) is 16.4 Å². The zero-order chi connectivity index (χ0) is 0. The molecule has 0 fully saturated rings. The standard InChI is InChI=1S/2H3N.3H2O.Pt/h2*1H3;3*1H2;. The summed E-state index contributed by atoms with van der Waals surface area (Å²) in [6.45, 7) is 0. The van der Waals surface area contributed by atoms with Crippen molar-refractivity contribution in [2.75, 3.05) is 0 Å². The van der Waals surface area contributed by atoms with Crippen molar-refractivity contribution < 1.29 is 37.5 Å². The fraction of sp³-hybridized carbons (Fsp3) is 0. The Morgan fingerprint density at radius 2 is 0.500 bits per heavy atom. The molecule has 0 spiro atoms. The summed E-state index contributed by atoms with van der Waals surface area (Å²) in [5.41, 5.74) is 0. The predicted octanol–water partition coefficient (Wildman–Crippen LogP) is -2.15. The van der Waals surface area contributed by atoms with E-state index >= 15 is 0 Å². The summed E-state index contributed by atoms with van der Waals surface area (Å²) < 4.78 is 0. The van der Waals surface area contributed by atoms with Gasteiger partial charge in [0.15, 0.2) is 0 Å². The summed E-state index contributed by atoms with van der Waals surface area (Å²) in [4.78, 5) is 0. The van der Waals surface area contributed by atoms with E-state index in [-0.39, 0.29) is 49.8 Å². The second-order valence-corrected chi connectivity index (χ2v) is 0. The van der Waals surface area contributed by atoms with Gasteiger partial charge in [-0.05, 0) is 0 Å². The molecule has 0 aliphatic heterocycles. The molecule has 0 unspecified atom stereocenters. The van der Waals surface area contributed by atoms with Crippen LogP contribution < -0.4 is 12.3 Å². The van der Waals surface area contributed by atoms with Crippen LogP contribution in [0.25, 0.3) is 0 Å². The summed E-state index contributed by atoms with van der Waals surface area (Å²) in [7, 11) is 0. The summed E-state index contributed by atoms with van der Waals surface area (Å²) in [5.74, 6) is 0. The largest absolute Gasteiger partial charge is 0.412 e. The van der Waals surface area contributed by atoms with Crippen LogP contribution in [0, 0.1) is 0 Å². The molecule has 0 aromatic heterocycles. The normalized spacial score (nSPS) is 0. The van der Waals surface area contributed by atoms with E-state index in [2.05, 4.69) is 0 Å². The van der Waals surface area contributed by atoms with E-state index in [9.17, 15) is 0 Å². The van der Waals surface area contributed by atoms with Gasteiger partial charge in [-0.3, -0.25) is 0 Å². The molecule has 0 aromatic rings. The van der Waals surface area contributed by atoms with Gasteiger partial charge in [0, 0.05) is 21.1 Å². The maximum Gasteiger partial charge on any atom is 0 e. The maximum absolute atomic E-state index is 0. The Morgan fingerprint density at radius 3 is 0.500 bits per heavy atom. The molecule has 6 heavy (non-hydrogen) atoms. The third kappa shape index (κ3) is 229. The minimum absolute atomic E-state index is 0. The van der Waals surface area contributed by atoms with Crippen LogP contribution in [0.1, 0.15) is 0 Å². The summed E-state index contributed by atoms with van der Waals surface area (Å²) in [5, 5.41) is 0. The SMILES string of the molecule is N.N.O.O.O.[Pt]. The molecule has 0 bridgehead atoms. The van der Waals surface area contributed by atoms with Crippen molar-refractivity contribution in [2.24, 2.45) is 0 Å². The monoisotopic (exact) mass is 283 g/mol. The minimum Gasteiger partial charge on any atom is -0.412 e. The molecule has 0 aromatic carbocycles. The zero-order valence-corrected chi connectivity index (χ0v) is 5.50. The molecule has 0 aliphatic carbocycles. The Hall–Kier alpha value is 0.488. The van der Waals surface area contributed by atoms with Crippen molar-refractivity contribution in [2.45, 2.75) is 0 Å². The Kier molecular flexibility index (Phi) is 63300. The van der Waals surface area contributed by atoms with Gasteiger partial charge in [-0.1, -0.05) is 0 Å². The number of hydrogen-bond donors (Lipinski definition) is 2. The zero-order valence-electron chi connectivity index (χ0n) is 3.23. The van der Waals surface area contributed by atoms with Crippen molar-refractivity contribution in [1.82, 2.24) is 12.3 Å². The first kappa shape index (κ1) is 820. The van der Waals surface area contributed by atoms with Crippen molar-refractivity contribution in [3.8, 4) is 0 Å². The van der Waals surface area contributed by atoms with Gasteiger partial charge >= 0.3 is 0 Å². The quantitative estimate of drug-likeness (QED) is 0.518. The maximum atomic E-state index is 0. The smallest absolute Gasteiger partial charge is 0 e. The van der Waals surface area contributed by atoms with Crippen molar-refractivity contribution in [3.05, 3.63) is 0 Å². The molecule has 0 saturated heterocycles. The van der Waals surface area contributed by atoms with E-state index in [0.717, 1.165) is 0 Å². The van der Waals surface area contributed by atoms with Crippen LogP contribution in [0.3, 0.4) is 0 Å². The topological polar surface area (TPSA) is 164 Å². The van der Waals surface area contributed by atoms with E-state index in [0.29, 0.717) is 0 Å². The molecule has 0 heterocycles. The van der Waals surface area contributed by atoms with E-state index in [4.69, 9.17) is 0 Å². The van der Waals surface area contributed by atoms with Gasteiger partial charge < -0.3 is 28.7 Å². The van der Waals surface area contributed by atoms with E-state index < -0.39 is 0 Å². The molecule has 12 N–H and O–H groups in total. The number of hydrogen-bond acceptors (Lipinski definition) is 2. The van der Waals surface area contributed by atoms with Gasteiger partial charge in [-0.2, -0.15) is 0 Å². The third-order valence-electron chi connectivity index (χ3n) is 0. The third-order valence-corrected chi connectivity index (χ3v) is 0. The van der Waals surface area contributed by atoms with E-state index in [1.807, 2.05) is 0 Å². The molecular formula is H12N2O3Pt. The second kappa shape index (κ2) is 464. The molecule has 0 aliphatic rings. The minimum atomic E-state index is 0. The van der Waals surface area contributed by atoms with Crippen LogP contribution in [-0.2, 0) is 21.1 Å². The Labute approximate surface area is 50.5 Å². The summed E-state index contributed by atoms with van der Waals surface area (Å²) in [6.07, 6.45) is 0. The molecule has 0 saturated carbocycles. The van der Waals surface area contributed by atoms with Crippen molar-refractivity contribution in [1.29, 1.82) is 0 Å². The molecule has 0 amide bonds. The van der Waals surface area contributed by atoms with E-state index in [1.165, 1.54) is 0 Å². The molecule has 0 radical (unpaired) electrons. The molecule has 0 atom stereocenters. The van der Waals surface area contributed by atoms with E-state index in [1.54, 1.807) is 0 Å². The Morgan fingerprint density at radius 1 is 0.500 bits per heavy atom. The summed E-state index contributed by atoms with van der Waals surface area (Å²) in [6, 6.07) is 0. The van der Waals surface area contributed by atoms with Gasteiger partial charge in [0.1, 0.15) is 0 Å². The first-order valence-electron chi connectivity index (χ1n) is 0. The Bertz CT molecular complexity index is 8.75. The molecule has 50 valence electrons. The molecule has 0 rings (SSSR count). The van der Waals surface area contributed by atoms with Crippen LogP contribution >= 0.6 is 0 Å². The van der Waals surface area contributed by atoms with Gasteiger partial charge in [0.05, 0.1) is 0 Å². The molecule has 6 heteroatoms. The van der Waals surface area contributed by atoms with Crippen LogP contribution in [0.2, 0.25) is 0 Å². The summed E-state index contributed by atoms with van der Waals surface area (Å²) >= 11 is 0. The fourth-order valence-electron chi connectivity index (χ4n) is 0. The van der Waals surface area contributed by atoms with Gasteiger partial charge in [0.2, 0.25) is 0 Å². The first-order valence-corrected chi connectivity index (χ1v) is 0. The average Bonchev–Trinajstić information content (AvgIpc) is 0. The average molecular weight is 283 g/mol. The van der Waals surface area contributed by atoms with Gasteiger partial charge in [-0.25, -0.2) is 0 Å². The predicted molar refractivity (Wildman–Crippen MR) is 20.9 cm³/mol. The van der Waals surface area contributed by atoms with Crippen LogP contribution in [0.4, 0.5) is 0 Å². The van der Waals surface area contributed by atoms with Crippen LogP contribution in [0.15, 0.2) is 0 Å². The van der Waals surface area contributed by atoms with Crippen molar-refractivity contribution in [3.63, 3.8) is 0 Å². The van der Waals surface area contributed by atoms with Gasteiger partial charge in [0.25, 0.3) is 0 Å².